The Labute approximate surface area is 222 Å². The highest BCUT2D eigenvalue weighted by molar-refractivity contribution is 6.42. The number of rotatable bonds is 6. The maximum atomic E-state index is 13.0. The Morgan fingerprint density at radius 3 is 2.30 bits per heavy atom. The summed E-state index contributed by atoms with van der Waals surface area (Å²) in [4.78, 5) is 26.8. The summed E-state index contributed by atoms with van der Waals surface area (Å²) in [6, 6.07) is 10.2. The molecule has 0 aliphatic carbocycles. The van der Waals surface area contributed by atoms with Gasteiger partial charge in [0.1, 0.15) is 12.4 Å². The SMILES string of the molecule is CCN(CC(=O)Nc1cc(C(C)(C)C)nn1-c1ccc(Cl)c(Cl)c1)C(=O)Nc1cccc(C(F)(F)F)c1. The molecule has 1 aromatic heterocycles. The number of carbonyl (C=O) groups is 2. The van der Waals surface area contributed by atoms with Crippen molar-refractivity contribution in [1.29, 1.82) is 0 Å². The van der Waals surface area contributed by atoms with Gasteiger partial charge >= 0.3 is 12.2 Å². The van der Waals surface area contributed by atoms with Crippen LogP contribution in [0.15, 0.2) is 48.5 Å². The van der Waals surface area contributed by atoms with Gasteiger partial charge in [-0.25, -0.2) is 9.48 Å². The summed E-state index contributed by atoms with van der Waals surface area (Å²) in [5.74, 6) is -0.176. The fraction of sp³-hybridized carbons (Fsp3) is 0.320. The average molecular weight is 556 g/mol. The molecule has 0 saturated carbocycles. The van der Waals surface area contributed by atoms with Gasteiger partial charge < -0.3 is 15.5 Å². The van der Waals surface area contributed by atoms with Gasteiger partial charge in [-0.15, -0.1) is 0 Å². The number of halogens is 5. The number of hydrogen-bond donors (Lipinski definition) is 2. The minimum atomic E-state index is -4.55. The number of nitrogens with zero attached hydrogens (tertiary/aromatic N) is 3. The number of aromatic nitrogens is 2. The van der Waals surface area contributed by atoms with Gasteiger partial charge in [-0.2, -0.15) is 18.3 Å². The Balaban J connectivity index is 1.79. The third-order valence-electron chi connectivity index (χ3n) is 5.34. The monoisotopic (exact) mass is 555 g/mol. The van der Waals surface area contributed by atoms with E-state index in [-0.39, 0.29) is 24.2 Å². The van der Waals surface area contributed by atoms with Gasteiger partial charge in [0.05, 0.1) is 27.0 Å². The Morgan fingerprint density at radius 2 is 1.70 bits per heavy atom. The van der Waals surface area contributed by atoms with Crippen molar-refractivity contribution in [2.45, 2.75) is 39.3 Å². The number of carbonyl (C=O) groups excluding carboxylic acids is 2. The van der Waals surface area contributed by atoms with Gasteiger partial charge in [0, 0.05) is 23.7 Å². The number of hydrogen-bond acceptors (Lipinski definition) is 3. The van der Waals surface area contributed by atoms with Crippen LogP contribution in [-0.4, -0.2) is 39.7 Å². The molecule has 0 radical (unpaired) electrons. The Hall–Kier alpha value is -3.24. The molecule has 0 unspecified atom stereocenters. The average Bonchev–Trinajstić information content (AvgIpc) is 3.23. The third-order valence-corrected chi connectivity index (χ3v) is 6.08. The van der Waals surface area contributed by atoms with Crippen LogP contribution in [0.2, 0.25) is 10.0 Å². The smallest absolute Gasteiger partial charge is 0.315 e. The lowest BCUT2D eigenvalue weighted by atomic mass is 9.92. The summed E-state index contributed by atoms with van der Waals surface area (Å²) in [7, 11) is 0. The zero-order valence-corrected chi connectivity index (χ0v) is 22.1. The van der Waals surface area contributed by atoms with E-state index in [9.17, 15) is 22.8 Å². The number of amides is 3. The first kappa shape index (κ1) is 28.3. The molecule has 37 heavy (non-hydrogen) atoms. The van der Waals surface area contributed by atoms with E-state index in [0.717, 1.165) is 12.1 Å². The molecule has 12 heteroatoms. The van der Waals surface area contributed by atoms with E-state index >= 15 is 0 Å². The Morgan fingerprint density at radius 1 is 1.00 bits per heavy atom. The lowest BCUT2D eigenvalue weighted by molar-refractivity contribution is -0.137. The fourth-order valence-electron chi connectivity index (χ4n) is 3.31. The van der Waals surface area contributed by atoms with E-state index < -0.39 is 23.7 Å². The van der Waals surface area contributed by atoms with Crippen molar-refractivity contribution >= 4 is 46.6 Å². The summed E-state index contributed by atoms with van der Waals surface area (Å²) in [5.41, 5.74) is 0.00202. The first-order valence-corrected chi connectivity index (χ1v) is 12.0. The van der Waals surface area contributed by atoms with E-state index in [0.29, 0.717) is 27.2 Å². The molecule has 0 atom stereocenters. The minimum absolute atomic E-state index is 0.0359. The van der Waals surface area contributed by atoms with Crippen LogP contribution in [0.25, 0.3) is 5.69 Å². The summed E-state index contributed by atoms with van der Waals surface area (Å²) < 4.78 is 40.5. The molecule has 7 nitrogen and oxygen atoms in total. The number of urea groups is 1. The first-order chi connectivity index (χ1) is 17.2. The highest BCUT2D eigenvalue weighted by Crippen LogP contribution is 2.31. The minimum Gasteiger partial charge on any atom is -0.315 e. The highest BCUT2D eigenvalue weighted by Gasteiger charge is 2.30. The van der Waals surface area contributed by atoms with Crippen molar-refractivity contribution < 1.29 is 22.8 Å². The maximum absolute atomic E-state index is 13.0. The molecule has 3 rings (SSSR count). The molecule has 0 aliphatic rings. The van der Waals surface area contributed by atoms with Crippen molar-refractivity contribution in [3.8, 4) is 5.69 Å². The second kappa shape index (κ2) is 11.0. The zero-order valence-electron chi connectivity index (χ0n) is 20.6. The number of benzene rings is 2. The number of nitrogens with one attached hydrogen (secondary N) is 2. The van der Waals surface area contributed by atoms with Gasteiger partial charge in [-0.1, -0.05) is 50.0 Å². The molecule has 3 amide bonds. The fourth-order valence-corrected chi connectivity index (χ4v) is 3.60. The third kappa shape index (κ3) is 7.17. The van der Waals surface area contributed by atoms with E-state index in [1.807, 2.05) is 20.8 Å². The normalized spacial score (nSPS) is 11.8. The molecule has 198 valence electrons. The summed E-state index contributed by atoms with van der Waals surface area (Å²) in [6.07, 6.45) is -4.55. The molecule has 0 fully saturated rings. The topological polar surface area (TPSA) is 79.3 Å². The molecule has 0 saturated heterocycles. The van der Waals surface area contributed by atoms with Crippen LogP contribution in [0, 0.1) is 0 Å². The lowest BCUT2D eigenvalue weighted by Gasteiger charge is -2.21. The molecule has 3 aromatic rings. The number of alkyl halides is 3. The van der Waals surface area contributed by atoms with Gasteiger partial charge in [-0.3, -0.25) is 4.79 Å². The number of likely N-dealkylation sites (N-methyl/N-ethyl adjacent to an activating group) is 1. The largest absolute Gasteiger partial charge is 0.416 e. The van der Waals surface area contributed by atoms with Crippen molar-refractivity contribution in [2.24, 2.45) is 0 Å². The standard InChI is InChI=1S/C25H26Cl2F3N5O2/c1-5-34(23(37)31-16-8-6-7-15(11-16)25(28,29)30)14-22(36)32-21-13-20(24(2,3)4)33-35(21)17-9-10-18(26)19(27)12-17/h6-13H,5,14H2,1-4H3,(H,31,37)(H,32,36). The summed E-state index contributed by atoms with van der Waals surface area (Å²) in [5, 5.41) is 10.5. The van der Waals surface area contributed by atoms with E-state index in [1.165, 1.54) is 21.7 Å². The summed E-state index contributed by atoms with van der Waals surface area (Å²) in [6.45, 7) is 7.35. The lowest BCUT2D eigenvalue weighted by Crippen LogP contribution is -2.40. The van der Waals surface area contributed by atoms with Gasteiger partial charge in [0.25, 0.3) is 0 Å². The van der Waals surface area contributed by atoms with E-state index in [2.05, 4.69) is 15.7 Å². The van der Waals surface area contributed by atoms with Crippen molar-refractivity contribution in [3.05, 3.63) is 69.8 Å². The van der Waals surface area contributed by atoms with Crippen LogP contribution < -0.4 is 10.6 Å². The maximum Gasteiger partial charge on any atom is 0.416 e. The summed E-state index contributed by atoms with van der Waals surface area (Å²) >= 11 is 12.2. The molecule has 2 aromatic carbocycles. The Bertz CT molecular complexity index is 1300. The van der Waals surface area contributed by atoms with Crippen LogP contribution in [-0.2, 0) is 16.4 Å². The quantitative estimate of drug-likeness (QED) is 0.344. The zero-order chi connectivity index (χ0) is 27.5. The number of anilines is 2. The molecule has 1 heterocycles. The molecule has 0 bridgehead atoms. The second-order valence-electron chi connectivity index (χ2n) is 9.25. The predicted molar refractivity (Wildman–Crippen MR) is 139 cm³/mol. The predicted octanol–water partition coefficient (Wildman–Crippen LogP) is 6.99. The molecular formula is C25H26Cl2F3N5O2. The van der Waals surface area contributed by atoms with Crippen molar-refractivity contribution in [2.75, 3.05) is 23.7 Å². The van der Waals surface area contributed by atoms with Crippen LogP contribution in [0.5, 0.6) is 0 Å². The van der Waals surface area contributed by atoms with Gasteiger partial charge in [-0.05, 0) is 43.3 Å². The highest BCUT2D eigenvalue weighted by atomic mass is 35.5. The van der Waals surface area contributed by atoms with Gasteiger partial charge in [0.15, 0.2) is 0 Å². The second-order valence-corrected chi connectivity index (χ2v) is 10.1. The molecule has 0 spiro atoms. The van der Waals surface area contributed by atoms with Crippen LogP contribution in [0.4, 0.5) is 29.5 Å². The van der Waals surface area contributed by atoms with Crippen LogP contribution >= 0.6 is 23.2 Å². The molecular weight excluding hydrogens is 530 g/mol. The van der Waals surface area contributed by atoms with Crippen molar-refractivity contribution in [1.82, 2.24) is 14.7 Å². The molecule has 2 N–H and O–H groups in total. The van der Waals surface area contributed by atoms with Crippen LogP contribution in [0.3, 0.4) is 0 Å². The van der Waals surface area contributed by atoms with Gasteiger partial charge in [0.2, 0.25) is 5.91 Å². The van der Waals surface area contributed by atoms with Crippen molar-refractivity contribution in [3.63, 3.8) is 0 Å². The first-order valence-electron chi connectivity index (χ1n) is 11.3. The van der Waals surface area contributed by atoms with E-state index in [1.54, 1.807) is 31.2 Å². The Kier molecular flexibility index (Phi) is 8.44. The van der Waals surface area contributed by atoms with Crippen LogP contribution in [0.1, 0.15) is 39.0 Å². The van der Waals surface area contributed by atoms with E-state index in [4.69, 9.17) is 23.2 Å². The molecule has 0 aliphatic heterocycles.